The predicted molar refractivity (Wildman–Crippen MR) is 52.6 cm³/mol. The maximum Gasteiger partial charge on any atom is 0.315 e. The van der Waals surface area contributed by atoms with E-state index >= 15 is 0 Å². The van der Waals surface area contributed by atoms with E-state index in [1.54, 1.807) is 6.08 Å². The van der Waals surface area contributed by atoms with Crippen LogP contribution in [0, 0.1) is 5.41 Å². The maximum absolute atomic E-state index is 11.2. The first-order valence-electron chi connectivity index (χ1n) is 4.73. The van der Waals surface area contributed by atoms with Gasteiger partial charge in [0.25, 0.3) is 0 Å². The minimum Gasteiger partial charge on any atom is -0.481 e. The molecule has 2 N–H and O–H groups in total. The van der Waals surface area contributed by atoms with Gasteiger partial charge in [-0.2, -0.15) is 0 Å². The third-order valence-electron chi connectivity index (χ3n) is 2.84. The number of carboxylic acids is 1. The van der Waals surface area contributed by atoms with Gasteiger partial charge in [0.05, 0.1) is 5.71 Å². The van der Waals surface area contributed by atoms with Crippen molar-refractivity contribution in [2.45, 2.75) is 32.1 Å². The van der Waals surface area contributed by atoms with Crippen LogP contribution in [0.5, 0.6) is 0 Å². The average molecular weight is 197 g/mol. The van der Waals surface area contributed by atoms with Gasteiger partial charge in [-0.1, -0.05) is 17.7 Å². The fourth-order valence-corrected chi connectivity index (χ4v) is 2.03. The molecule has 0 aromatic rings. The van der Waals surface area contributed by atoms with Gasteiger partial charge in [0.2, 0.25) is 0 Å². The lowest BCUT2D eigenvalue weighted by molar-refractivity contribution is -0.145. The van der Waals surface area contributed by atoms with Crippen LogP contribution in [0.3, 0.4) is 0 Å². The summed E-state index contributed by atoms with van der Waals surface area (Å²) < 4.78 is 0. The molecule has 4 nitrogen and oxygen atoms in total. The number of oxime groups is 1. The average Bonchev–Trinajstić information content (AvgIpc) is 2.18. The van der Waals surface area contributed by atoms with Gasteiger partial charge in [-0.15, -0.1) is 6.58 Å². The molecule has 1 saturated carbocycles. The third kappa shape index (κ3) is 1.64. The van der Waals surface area contributed by atoms with Crippen LogP contribution in [-0.4, -0.2) is 22.0 Å². The minimum absolute atomic E-state index is 0.335. The highest BCUT2D eigenvalue weighted by Gasteiger charge is 2.44. The molecule has 1 atom stereocenters. The molecule has 1 unspecified atom stereocenters. The van der Waals surface area contributed by atoms with E-state index in [9.17, 15) is 9.90 Å². The maximum atomic E-state index is 11.2. The Morgan fingerprint density at radius 3 is 2.86 bits per heavy atom. The Hall–Kier alpha value is -1.32. The molecule has 1 fully saturated rings. The molecule has 0 radical (unpaired) electrons. The summed E-state index contributed by atoms with van der Waals surface area (Å²) in [6, 6.07) is 0. The Kier molecular flexibility index (Phi) is 3.28. The first-order valence-corrected chi connectivity index (χ1v) is 4.73. The Bertz CT molecular complexity index is 273. The fourth-order valence-electron chi connectivity index (χ4n) is 2.03. The van der Waals surface area contributed by atoms with E-state index in [0.29, 0.717) is 25.0 Å². The van der Waals surface area contributed by atoms with Crippen LogP contribution in [0.1, 0.15) is 32.1 Å². The van der Waals surface area contributed by atoms with Crippen LogP contribution >= 0.6 is 0 Å². The number of rotatable bonds is 3. The summed E-state index contributed by atoms with van der Waals surface area (Å²) in [4.78, 5) is 11.2. The summed E-state index contributed by atoms with van der Waals surface area (Å²) in [5.74, 6) is -0.912. The molecule has 0 bridgehead atoms. The van der Waals surface area contributed by atoms with E-state index in [4.69, 9.17) is 5.21 Å². The van der Waals surface area contributed by atoms with E-state index in [0.717, 1.165) is 12.8 Å². The molecule has 0 aromatic carbocycles. The normalized spacial score (nSPS) is 30.1. The lowest BCUT2D eigenvalue weighted by Gasteiger charge is -2.32. The molecule has 1 aliphatic carbocycles. The molecule has 78 valence electrons. The van der Waals surface area contributed by atoms with Crippen LogP contribution in [-0.2, 0) is 4.79 Å². The summed E-state index contributed by atoms with van der Waals surface area (Å²) in [6.07, 6.45) is 4.77. The second-order valence-corrected chi connectivity index (χ2v) is 3.63. The van der Waals surface area contributed by atoms with Gasteiger partial charge >= 0.3 is 5.97 Å². The van der Waals surface area contributed by atoms with E-state index in [1.807, 2.05) is 0 Å². The van der Waals surface area contributed by atoms with Gasteiger partial charge < -0.3 is 10.3 Å². The Morgan fingerprint density at radius 1 is 1.64 bits per heavy atom. The summed E-state index contributed by atoms with van der Waals surface area (Å²) in [5.41, 5.74) is -0.620. The second-order valence-electron chi connectivity index (χ2n) is 3.63. The zero-order valence-corrected chi connectivity index (χ0v) is 8.07. The van der Waals surface area contributed by atoms with Gasteiger partial charge in [0.1, 0.15) is 5.41 Å². The molecular formula is C10H15NO3. The van der Waals surface area contributed by atoms with E-state index in [2.05, 4.69) is 11.7 Å². The van der Waals surface area contributed by atoms with Crippen molar-refractivity contribution in [3.63, 3.8) is 0 Å². The van der Waals surface area contributed by atoms with Crippen molar-refractivity contribution >= 4 is 11.7 Å². The van der Waals surface area contributed by atoms with Crippen LogP contribution in [0.15, 0.2) is 17.8 Å². The Morgan fingerprint density at radius 2 is 2.36 bits per heavy atom. The molecule has 0 heterocycles. The Balaban J connectivity index is 3.03. The van der Waals surface area contributed by atoms with E-state index in [-0.39, 0.29) is 0 Å². The smallest absolute Gasteiger partial charge is 0.315 e. The summed E-state index contributed by atoms with van der Waals surface area (Å²) in [7, 11) is 0. The second kappa shape index (κ2) is 4.26. The van der Waals surface area contributed by atoms with Gasteiger partial charge in [-0.3, -0.25) is 4.79 Å². The van der Waals surface area contributed by atoms with Gasteiger partial charge in [0, 0.05) is 0 Å². The zero-order valence-electron chi connectivity index (χ0n) is 8.07. The van der Waals surface area contributed by atoms with Gasteiger partial charge in [0.15, 0.2) is 0 Å². The van der Waals surface area contributed by atoms with E-state index < -0.39 is 11.4 Å². The number of nitrogens with zero attached hydrogens (tertiary/aromatic N) is 1. The largest absolute Gasteiger partial charge is 0.481 e. The highest BCUT2D eigenvalue weighted by molar-refractivity contribution is 6.06. The van der Waals surface area contributed by atoms with Crippen molar-refractivity contribution < 1.29 is 15.1 Å². The fraction of sp³-hybridized carbons (Fsp3) is 0.600. The molecule has 0 amide bonds. The van der Waals surface area contributed by atoms with Crippen LogP contribution in [0.4, 0.5) is 0 Å². The SMILES string of the molecule is C=CCC1(C(=O)O)CCCC/C1=N\O. The van der Waals surface area contributed by atoms with Gasteiger partial charge in [-0.25, -0.2) is 0 Å². The molecule has 4 heteroatoms. The molecule has 14 heavy (non-hydrogen) atoms. The quantitative estimate of drug-likeness (QED) is 0.413. The van der Waals surface area contributed by atoms with Crippen molar-refractivity contribution in [1.29, 1.82) is 0 Å². The number of hydrogen-bond acceptors (Lipinski definition) is 3. The lowest BCUT2D eigenvalue weighted by Crippen LogP contribution is -2.41. The monoisotopic (exact) mass is 197 g/mol. The molecule has 0 aromatic heterocycles. The number of hydrogen-bond donors (Lipinski definition) is 2. The number of aliphatic carboxylic acids is 1. The summed E-state index contributed by atoms with van der Waals surface area (Å²) >= 11 is 0. The predicted octanol–water partition coefficient (Wildman–Crippen LogP) is 2.04. The van der Waals surface area contributed by atoms with Gasteiger partial charge in [-0.05, 0) is 25.7 Å². The number of carboxylic acid groups (broad SMARTS) is 1. The standard InChI is InChI=1S/C10H15NO3/c1-2-6-10(9(12)13)7-4-3-5-8(10)11-14/h2,14H,1,3-7H2,(H,12,13)/b11-8+. The zero-order chi connectivity index (χ0) is 10.6. The van der Waals surface area contributed by atoms with Crippen molar-refractivity contribution in [2.75, 3.05) is 0 Å². The molecule has 1 aliphatic rings. The highest BCUT2D eigenvalue weighted by atomic mass is 16.4. The summed E-state index contributed by atoms with van der Waals surface area (Å²) in [6.45, 7) is 3.55. The first kappa shape index (κ1) is 10.8. The molecule has 0 aliphatic heterocycles. The van der Waals surface area contributed by atoms with Crippen molar-refractivity contribution in [3.05, 3.63) is 12.7 Å². The van der Waals surface area contributed by atoms with E-state index in [1.165, 1.54) is 0 Å². The highest BCUT2D eigenvalue weighted by Crippen LogP contribution is 2.37. The molecule has 0 spiro atoms. The molecule has 1 rings (SSSR count). The van der Waals surface area contributed by atoms with Crippen molar-refractivity contribution in [1.82, 2.24) is 0 Å². The Labute approximate surface area is 82.9 Å². The van der Waals surface area contributed by atoms with Crippen LogP contribution in [0.2, 0.25) is 0 Å². The van der Waals surface area contributed by atoms with Crippen molar-refractivity contribution in [3.8, 4) is 0 Å². The van der Waals surface area contributed by atoms with Crippen LogP contribution < -0.4 is 0 Å². The third-order valence-corrected chi connectivity index (χ3v) is 2.84. The van der Waals surface area contributed by atoms with Crippen LogP contribution in [0.25, 0.3) is 0 Å². The summed E-state index contributed by atoms with van der Waals surface area (Å²) in [5, 5.41) is 21.1. The van der Waals surface area contributed by atoms with Crippen molar-refractivity contribution in [2.24, 2.45) is 10.6 Å². The minimum atomic E-state index is -1.01. The number of allylic oxidation sites excluding steroid dienone is 1. The number of carbonyl (C=O) groups is 1. The molecule has 0 saturated heterocycles. The lowest BCUT2D eigenvalue weighted by atomic mass is 9.70. The topological polar surface area (TPSA) is 69.9 Å². The molecular weight excluding hydrogens is 182 g/mol. The first-order chi connectivity index (χ1) is 6.67.